The van der Waals surface area contributed by atoms with E-state index in [1.807, 2.05) is 0 Å². The predicted molar refractivity (Wildman–Crippen MR) is 76.1 cm³/mol. The average molecular weight is 324 g/mol. The zero-order chi connectivity index (χ0) is 16.5. The molecular weight excluding hydrogens is 312 g/mol. The quantitative estimate of drug-likeness (QED) is 0.698. The van der Waals surface area contributed by atoms with E-state index in [-0.39, 0.29) is 16.3 Å². The topological polar surface area (TPSA) is 130 Å². The van der Waals surface area contributed by atoms with Crippen molar-refractivity contribution in [2.45, 2.75) is 4.90 Å². The first-order valence-corrected chi connectivity index (χ1v) is 7.61. The Balaban J connectivity index is 2.71. The van der Waals surface area contributed by atoms with E-state index >= 15 is 0 Å². The van der Waals surface area contributed by atoms with Crippen molar-refractivity contribution < 1.29 is 28.5 Å². The normalized spacial score (nSPS) is 11.3. The van der Waals surface area contributed by atoms with Gasteiger partial charge in [-0.05, 0) is 12.1 Å². The van der Waals surface area contributed by atoms with Crippen LogP contribution >= 0.6 is 0 Å². The molecule has 0 saturated heterocycles. The first-order valence-electron chi connectivity index (χ1n) is 5.95. The number of benzene rings is 1. The van der Waals surface area contributed by atoms with Gasteiger partial charge in [-0.2, -0.15) is 9.78 Å². The molecule has 0 aliphatic rings. The molecule has 2 rings (SSSR count). The largest absolute Gasteiger partial charge is 0.508 e. The summed E-state index contributed by atoms with van der Waals surface area (Å²) in [5.74, 6) is -2.60. The van der Waals surface area contributed by atoms with Crippen molar-refractivity contribution in [3.05, 3.63) is 42.6 Å². The monoisotopic (exact) mass is 324 g/mol. The van der Waals surface area contributed by atoms with Gasteiger partial charge in [-0.25, -0.2) is 13.2 Å². The summed E-state index contributed by atoms with van der Waals surface area (Å²) in [6.45, 7) is 3.35. The summed E-state index contributed by atoms with van der Waals surface area (Å²) < 4.78 is 25.2. The molecule has 0 aliphatic heterocycles. The van der Waals surface area contributed by atoms with Gasteiger partial charge in [0.2, 0.25) is 5.88 Å². The van der Waals surface area contributed by atoms with Gasteiger partial charge in [0, 0.05) is 12.1 Å². The molecule has 3 N–H and O–H groups in total. The molecule has 116 valence electrons. The number of aromatic nitrogens is 2. The lowest BCUT2D eigenvalue weighted by atomic mass is 10.3. The van der Waals surface area contributed by atoms with Gasteiger partial charge >= 0.3 is 5.97 Å². The smallest absolute Gasteiger partial charge is 0.356 e. The first kappa shape index (κ1) is 15.6. The summed E-state index contributed by atoms with van der Waals surface area (Å²) in [6.07, 6.45) is 1.18. The number of nitrogens with zero attached hydrogens (tertiary/aromatic N) is 2. The molecule has 1 heterocycles. The third kappa shape index (κ3) is 2.79. The Kier molecular flexibility index (Phi) is 3.91. The Morgan fingerprint density at radius 2 is 2.00 bits per heavy atom. The van der Waals surface area contributed by atoms with Crippen LogP contribution in [0.15, 0.2) is 41.8 Å². The summed E-state index contributed by atoms with van der Waals surface area (Å²) in [4.78, 5) is 10.6. The third-order valence-corrected chi connectivity index (χ3v) is 4.43. The van der Waals surface area contributed by atoms with Crippen LogP contribution in [0.2, 0.25) is 0 Å². The van der Waals surface area contributed by atoms with Crippen LogP contribution in [0, 0.1) is 0 Å². The fourth-order valence-corrected chi connectivity index (χ4v) is 3.09. The van der Waals surface area contributed by atoms with Crippen LogP contribution in [0.3, 0.4) is 0 Å². The number of phenolic OH excluding ortho intramolecular Hbond substituents is 1. The second-order valence-electron chi connectivity index (χ2n) is 4.33. The van der Waals surface area contributed by atoms with Gasteiger partial charge < -0.3 is 15.3 Å². The zero-order valence-corrected chi connectivity index (χ0v) is 12.0. The minimum absolute atomic E-state index is 0.0790. The van der Waals surface area contributed by atoms with Crippen molar-refractivity contribution in [2.75, 3.05) is 5.75 Å². The van der Waals surface area contributed by atoms with E-state index in [9.17, 15) is 23.4 Å². The van der Waals surface area contributed by atoms with Crippen LogP contribution in [-0.4, -0.2) is 45.2 Å². The zero-order valence-electron chi connectivity index (χ0n) is 11.2. The predicted octanol–water partition coefficient (Wildman–Crippen LogP) is 0.941. The van der Waals surface area contributed by atoms with Crippen LogP contribution < -0.4 is 0 Å². The van der Waals surface area contributed by atoms with Crippen molar-refractivity contribution in [3.63, 3.8) is 0 Å². The lowest BCUT2D eigenvalue weighted by Gasteiger charge is -2.10. The number of sulfone groups is 1. The highest BCUT2D eigenvalue weighted by Gasteiger charge is 2.23. The minimum Gasteiger partial charge on any atom is -0.508 e. The van der Waals surface area contributed by atoms with Gasteiger partial charge in [0.05, 0.1) is 16.3 Å². The summed E-state index contributed by atoms with van der Waals surface area (Å²) >= 11 is 0. The molecule has 0 amide bonds. The molecule has 9 heteroatoms. The second kappa shape index (κ2) is 5.53. The van der Waals surface area contributed by atoms with E-state index in [0.29, 0.717) is 0 Å². The van der Waals surface area contributed by atoms with E-state index in [1.165, 1.54) is 18.2 Å². The summed E-state index contributed by atoms with van der Waals surface area (Å²) in [7, 11) is -3.84. The van der Waals surface area contributed by atoms with Gasteiger partial charge in [-0.3, -0.25) is 0 Å². The molecule has 0 atom stereocenters. The molecule has 0 bridgehead atoms. The molecule has 0 unspecified atom stereocenters. The van der Waals surface area contributed by atoms with Crippen LogP contribution in [0.4, 0.5) is 0 Å². The Morgan fingerprint density at radius 1 is 1.32 bits per heavy atom. The van der Waals surface area contributed by atoms with Crippen LogP contribution in [0.5, 0.6) is 11.6 Å². The number of carboxylic acid groups (broad SMARTS) is 1. The maximum absolute atomic E-state index is 12.2. The van der Waals surface area contributed by atoms with Gasteiger partial charge in [0.1, 0.15) is 5.75 Å². The number of hydrogen-bond donors (Lipinski definition) is 3. The highest BCUT2D eigenvalue weighted by molar-refractivity contribution is 7.91. The minimum atomic E-state index is -3.84. The molecule has 0 aliphatic carbocycles. The summed E-state index contributed by atoms with van der Waals surface area (Å²) in [6, 6.07) is 4.29. The lowest BCUT2D eigenvalue weighted by molar-refractivity contribution is 0.0690. The number of carbonyl (C=O) groups is 1. The molecule has 1 aromatic heterocycles. The Hall–Kier alpha value is -2.81. The van der Waals surface area contributed by atoms with Crippen molar-refractivity contribution in [1.82, 2.24) is 9.78 Å². The fraction of sp³-hybridized carbons (Fsp3) is 0.0769. The van der Waals surface area contributed by atoms with Crippen LogP contribution in [0.25, 0.3) is 5.69 Å². The van der Waals surface area contributed by atoms with Crippen molar-refractivity contribution in [2.24, 2.45) is 0 Å². The van der Waals surface area contributed by atoms with E-state index in [1.54, 1.807) is 0 Å². The Labute approximate surface area is 125 Å². The van der Waals surface area contributed by atoms with Crippen molar-refractivity contribution in [1.29, 1.82) is 0 Å². The number of rotatable bonds is 5. The second-order valence-corrected chi connectivity index (χ2v) is 6.33. The molecule has 0 spiro atoms. The maximum atomic E-state index is 12.2. The third-order valence-electron chi connectivity index (χ3n) is 2.75. The van der Waals surface area contributed by atoms with E-state index in [2.05, 4.69) is 11.7 Å². The van der Waals surface area contributed by atoms with Crippen molar-refractivity contribution in [3.8, 4) is 17.3 Å². The molecule has 22 heavy (non-hydrogen) atoms. The molecule has 0 fully saturated rings. The number of hydrogen-bond acceptors (Lipinski definition) is 6. The number of aromatic hydroxyl groups is 2. The van der Waals surface area contributed by atoms with E-state index < -0.39 is 33.1 Å². The molecule has 8 nitrogen and oxygen atoms in total. The highest BCUT2D eigenvalue weighted by atomic mass is 32.2. The molecule has 2 aromatic rings. The standard InChI is InChI=1S/C13H12N2O6S/c1-2-5-22(20,21)11-6-8(16)3-4-10(11)15-12(17)7-9(14-15)13(18)19/h2-4,6-7,16-17H,1,5H2,(H,18,19). The van der Waals surface area contributed by atoms with E-state index in [4.69, 9.17) is 5.11 Å². The fourth-order valence-electron chi connectivity index (χ4n) is 1.82. The molecule has 0 radical (unpaired) electrons. The Bertz CT molecular complexity index is 853. The molecule has 1 aromatic carbocycles. The van der Waals surface area contributed by atoms with E-state index in [0.717, 1.165) is 16.8 Å². The molecular formula is C13H12N2O6S. The van der Waals surface area contributed by atoms with Gasteiger partial charge in [0.15, 0.2) is 15.5 Å². The number of carboxylic acids is 1. The van der Waals surface area contributed by atoms with Crippen molar-refractivity contribution >= 4 is 15.8 Å². The van der Waals surface area contributed by atoms with Crippen LogP contribution in [-0.2, 0) is 9.84 Å². The Morgan fingerprint density at radius 3 is 2.55 bits per heavy atom. The number of aromatic carboxylic acids is 1. The first-order chi connectivity index (χ1) is 10.3. The van der Waals surface area contributed by atoms with Crippen LogP contribution in [0.1, 0.15) is 10.5 Å². The number of phenols is 1. The SMILES string of the molecule is C=CCS(=O)(=O)c1cc(O)ccc1-n1nc(C(=O)O)cc1O. The van der Waals surface area contributed by atoms with Gasteiger partial charge in [-0.1, -0.05) is 6.08 Å². The summed E-state index contributed by atoms with van der Waals surface area (Å²) in [5.41, 5.74) is -0.526. The highest BCUT2D eigenvalue weighted by Crippen LogP contribution is 2.28. The molecule has 0 saturated carbocycles. The lowest BCUT2D eigenvalue weighted by Crippen LogP contribution is -2.10. The summed E-state index contributed by atoms with van der Waals surface area (Å²) in [5, 5.41) is 31.8. The van der Waals surface area contributed by atoms with Gasteiger partial charge in [-0.15, -0.1) is 6.58 Å². The van der Waals surface area contributed by atoms with Gasteiger partial charge in [0.25, 0.3) is 0 Å². The maximum Gasteiger partial charge on any atom is 0.356 e. The average Bonchev–Trinajstić information content (AvgIpc) is 2.81.